The van der Waals surface area contributed by atoms with Crippen molar-refractivity contribution in [1.29, 1.82) is 0 Å². The van der Waals surface area contributed by atoms with Crippen LogP contribution in [-0.4, -0.2) is 18.4 Å². The number of carbonyl (C=O) groups excluding carboxylic acids is 2. The van der Waals surface area contributed by atoms with Gasteiger partial charge in [-0.3, -0.25) is 9.59 Å². The summed E-state index contributed by atoms with van der Waals surface area (Å²) in [5, 5.41) is 5.63. The molecule has 29 heavy (non-hydrogen) atoms. The molecule has 2 unspecified atom stereocenters. The second-order valence-electron chi connectivity index (χ2n) is 6.45. The van der Waals surface area contributed by atoms with Crippen LogP contribution in [0.2, 0.25) is 0 Å². The number of alkyl halides is 2. The number of hydrogen-bond donors (Lipinski definition) is 2. The van der Waals surface area contributed by atoms with Crippen molar-refractivity contribution in [3.63, 3.8) is 0 Å². The molecule has 0 radical (unpaired) electrons. The summed E-state index contributed by atoms with van der Waals surface area (Å²) >= 11 is 3.36. The van der Waals surface area contributed by atoms with Crippen LogP contribution >= 0.6 is 15.9 Å². The molecule has 0 fully saturated rings. The van der Waals surface area contributed by atoms with E-state index < -0.39 is 18.7 Å². The minimum absolute atomic E-state index is 0.00951. The number of halogens is 3. The molecule has 2 N–H and O–H groups in total. The molecule has 0 bridgehead atoms. The van der Waals surface area contributed by atoms with Crippen molar-refractivity contribution >= 4 is 27.7 Å². The lowest BCUT2D eigenvalue weighted by Crippen LogP contribution is -2.34. The molecule has 2 aromatic carbocycles. The largest absolute Gasteiger partial charge is 0.434 e. The molecule has 0 aliphatic rings. The molecule has 2 atom stereocenters. The SMILES string of the molecule is CCC(NC(=O)CC(NC(C)=O)c1ccc(Br)cc1)c1ccccc1OC(F)F. The first-order chi connectivity index (χ1) is 13.8. The Labute approximate surface area is 177 Å². The Morgan fingerprint density at radius 2 is 1.69 bits per heavy atom. The molecule has 0 saturated carbocycles. The summed E-state index contributed by atoms with van der Waals surface area (Å²) in [4.78, 5) is 24.3. The zero-order valence-electron chi connectivity index (χ0n) is 16.1. The van der Waals surface area contributed by atoms with Crippen LogP contribution < -0.4 is 15.4 Å². The molecule has 156 valence electrons. The minimum Gasteiger partial charge on any atom is -0.434 e. The molecule has 0 saturated heterocycles. The van der Waals surface area contributed by atoms with Gasteiger partial charge in [0.1, 0.15) is 5.75 Å². The maximum atomic E-state index is 12.7. The summed E-state index contributed by atoms with van der Waals surface area (Å²) in [6.45, 7) is 0.270. The van der Waals surface area contributed by atoms with E-state index in [-0.39, 0.29) is 24.0 Å². The Morgan fingerprint density at radius 1 is 1.03 bits per heavy atom. The lowest BCUT2D eigenvalue weighted by molar-refractivity contribution is -0.123. The number of amides is 2. The fourth-order valence-corrected chi connectivity index (χ4v) is 3.27. The minimum atomic E-state index is -2.95. The second-order valence-corrected chi connectivity index (χ2v) is 7.37. The lowest BCUT2D eigenvalue weighted by atomic mass is 10.0. The molecule has 0 spiro atoms. The van der Waals surface area contributed by atoms with Crippen molar-refractivity contribution in [1.82, 2.24) is 10.6 Å². The summed E-state index contributed by atoms with van der Waals surface area (Å²) < 4.78 is 30.8. The number of nitrogens with one attached hydrogen (secondary N) is 2. The third kappa shape index (κ3) is 7.12. The van der Waals surface area contributed by atoms with Crippen LogP contribution in [0.4, 0.5) is 8.78 Å². The standard InChI is InChI=1S/C21H23BrF2N2O3/c1-3-17(16-6-4-5-7-19(16)29-21(23)24)26-20(28)12-18(25-13(2)27)14-8-10-15(22)11-9-14/h4-11,17-18,21H,3,12H2,1-2H3,(H,25,27)(H,26,28). The van der Waals surface area contributed by atoms with Crippen molar-refractivity contribution < 1.29 is 23.1 Å². The average molecular weight is 469 g/mol. The van der Waals surface area contributed by atoms with Crippen LogP contribution in [0.25, 0.3) is 0 Å². The van der Waals surface area contributed by atoms with Gasteiger partial charge in [-0.2, -0.15) is 8.78 Å². The lowest BCUT2D eigenvalue weighted by Gasteiger charge is -2.23. The number of para-hydroxylation sites is 1. The molecular formula is C21H23BrF2N2O3. The van der Waals surface area contributed by atoms with Gasteiger partial charge in [0.05, 0.1) is 18.5 Å². The van der Waals surface area contributed by atoms with Gasteiger partial charge >= 0.3 is 6.61 Å². The van der Waals surface area contributed by atoms with Crippen LogP contribution in [0, 0.1) is 0 Å². The van der Waals surface area contributed by atoms with Gasteiger partial charge in [0.25, 0.3) is 0 Å². The van der Waals surface area contributed by atoms with E-state index in [0.29, 0.717) is 12.0 Å². The summed E-state index contributed by atoms with van der Waals surface area (Å²) in [5.41, 5.74) is 1.26. The summed E-state index contributed by atoms with van der Waals surface area (Å²) in [6, 6.07) is 12.7. The van der Waals surface area contributed by atoms with Crippen LogP contribution in [0.15, 0.2) is 53.0 Å². The van der Waals surface area contributed by atoms with Crippen molar-refractivity contribution in [2.45, 2.75) is 45.4 Å². The highest BCUT2D eigenvalue weighted by atomic mass is 79.9. The van der Waals surface area contributed by atoms with E-state index >= 15 is 0 Å². The summed E-state index contributed by atoms with van der Waals surface area (Å²) in [5.74, 6) is -0.542. The van der Waals surface area contributed by atoms with E-state index in [1.165, 1.54) is 13.0 Å². The monoisotopic (exact) mass is 468 g/mol. The van der Waals surface area contributed by atoms with E-state index in [0.717, 1.165) is 10.0 Å². The van der Waals surface area contributed by atoms with E-state index in [1.807, 2.05) is 31.2 Å². The maximum absolute atomic E-state index is 12.7. The van der Waals surface area contributed by atoms with Crippen LogP contribution in [-0.2, 0) is 9.59 Å². The molecule has 0 aliphatic carbocycles. The van der Waals surface area contributed by atoms with E-state index in [9.17, 15) is 18.4 Å². The van der Waals surface area contributed by atoms with E-state index in [4.69, 9.17) is 0 Å². The molecule has 2 aromatic rings. The van der Waals surface area contributed by atoms with Crippen LogP contribution in [0.5, 0.6) is 5.75 Å². The normalized spacial score (nSPS) is 12.9. The fraction of sp³-hybridized carbons (Fsp3) is 0.333. The van der Waals surface area contributed by atoms with E-state index in [2.05, 4.69) is 31.3 Å². The van der Waals surface area contributed by atoms with Gasteiger partial charge in [0.2, 0.25) is 11.8 Å². The average Bonchev–Trinajstić information content (AvgIpc) is 2.66. The first-order valence-corrected chi connectivity index (χ1v) is 9.95. The predicted octanol–water partition coefficient (Wildman–Crippen LogP) is 4.89. The van der Waals surface area contributed by atoms with Crippen molar-refractivity contribution in [3.05, 3.63) is 64.1 Å². The van der Waals surface area contributed by atoms with Gasteiger partial charge in [0, 0.05) is 17.0 Å². The van der Waals surface area contributed by atoms with Gasteiger partial charge in [-0.05, 0) is 30.2 Å². The smallest absolute Gasteiger partial charge is 0.387 e. The fourth-order valence-electron chi connectivity index (χ4n) is 3.00. The topological polar surface area (TPSA) is 67.4 Å². The first kappa shape index (κ1) is 22.8. The van der Waals surface area contributed by atoms with Gasteiger partial charge in [0.15, 0.2) is 0 Å². The van der Waals surface area contributed by atoms with Gasteiger partial charge in [-0.25, -0.2) is 0 Å². The van der Waals surface area contributed by atoms with Crippen LogP contribution in [0.3, 0.4) is 0 Å². The first-order valence-electron chi connectivity index (χ1n) is 9.15. The van der Waals surface area contributed by atoms with Crippen molar-refractivity contribution in [2.75, 3.05) is 0 Å². The Bertz CT molecular complexity index is 831. The second kappa shape index (κ2) is 10.9. The third-order valence-corrected chi connectivity index (χ3v) is 4.82. The summed E-state index contributed by atoms with van der Waals surface area (Å²) in [7, 11) is 0. The molecule has 5 nitrogen and oxygen atoms in total. The maximum Gasteiger partial charge on any atom is 0.387 e. The highest BCUT2D eigenvalue weighted by Crippen LogP contribution is 2.29. The molecule has 8 heteroatoms. The Hall–Kier alpha value is -2.48. The molecule has 0 aliphatic heterocycles. The van der Waals surface area contributed by atoms with Gasteiger partial charge < -0.3 is 15.4 Å². The Kier molecular flexibility index (Phi) is 8.57. The van der Waals surface area contributed by atoms with Crippen LogP contribution in [0.1, 0.15) is 49.9 Å². The quantitative estimate of drug-likeness (QED) is 0.550. The Balaban J connectivity index is 2.15. The molecule has 2 rings (SSSR count). The number of hydrogen-bond acceptors (Lipinski definition) is 3. The van der Waals surface area contributed by atoms with Gasteiger partial charge in [-0.1, -0.05) is 53.2 Å². The highest BCUT2D eigenvalue weighted by molar-refractivity contribution is 9.10. The number of rotatable bonds is 9. The number of carbonyl (C=O) groups is 2. The Morgan fingerprint density at radius 3 is 2.28 bits per heavy atom. The van der Waals surface area contributed by atoms with E-state index in [1.54, 1.807) is 18.2 Å². The zero-order chi connectivity index (χ0) is 21.4. The van der Waals surface area contributed by atoms with Gasteiger partial charge in [-0.15, -0.1) is 0 Å². The third-order valence-electron chi connectivity index (χ3n) is 4.29. The highest BCUT2D eigenvalue weighted by Gasteiger charge is 2.22. The number of ether oxygens (including phenoxy) is 1. The molecule has 2 amide bonds. The molecule has 0 heterocycles. The van der Waals surface area contributed by atoms with Crippen molar-refractivity contribution in [3.8, 4) is 5.75 Å². The van der Waals surface area contributed by atoms with Crippen molar-refractivity contribution in [2.24, 2.45) is 0 Å². The summed E-state index contributed by atoms with van der Waals surface area (Å²) in [6.07, 6.45) is 0.494. The molecular weight excluding hydrogens is 446 g/mol. The number of benzene rings is 2. The molecule has 0 aromatic heterocycles. The zero-order valence-corrected chi connectivity index (χ0v) is 17.7. The predicted molar refractivity (Wildman–Crippen MR) is 110 cm³/mol.